The molecule has 0 aliphatic carbocycles. The summed E-state index contributed by atoms with van der Waals surface area (Å²) in [5.74, 6) is 0.227. The van der Waals surface area contributed by atoms with Crippen molar-refractivity contribution in [2.24, 2.45) is 0 Å². The van der Waals surface area contributed by atoms with Gasteiger partial charge < -0.3 is 0 Å². The van der Waals surface area contributed by atoms with E-state index >= 15 is 0 Å². The first-order valence-corrected chi connectivity index (χ1v) is 5.70. The van der Waals surface area contributed by atoms with Gasteiger partial charge in [0.05, 0.1) is 5.75 Å². The highest BCUT2D eigenvalue weighted by molar-refractivity contribution is 9.09. The van der Waals surface area contributed by atoms with E-state index in [0.29, 0.717) is 6.42 Å². The first-order valence-electron chi connectivity index (χ1n) is 2.97. The van der Waals surface area contributed by atoms with Crippen molar-refractivity contribution in [2.45, 2.75) is 6.42 Å². The molecule has 3 nitrogen and oxygen atoms in total. The number of alkyl halides is 1. The summed E-state index contributed by atoms with van der Waals surface area (Å²) in [5, 5.41) is 0.736. The number of rotatable bonds is 4. The largest absolute Gasteiger partial charge is 0.213 e. The minimum Gasteiger partial charge on any atom is -0.212 e. The molecule has 10 heavy (non-hydrogen) atoms. The lowest BCUT2D eigenvalue weighted by Crippen LogP contribution is -2.25. The van der Waals surface area contributed by atoms with E-state index in [0.717, 1.165) is 5.33 Å². The van der Waals surface area contributed by atoms with E-state index in [9.17, 15) is 8.42 Å². The van der Waals surface area contributed by atoms with E-state index in [-0.39, 0.29) is 5.75 Å². The van der Waals surface area contributed by atoms with Crippen LogP contribution in [0.1, 0.15) is 6.42 Å². The highest BCUT2D eigenvalue weighted by Gasteiger charge is 2.11. The zero-order chi connectivity index (χ0) is 8.20. The third kappa shape index (κ3) is 3.53. The maximum absolute atomic E-state index is 11.0. The quantitative estimate of drug-likeness (QED) is 0.665. The Labute approximate surface area is 70.6 Å². The SMILES string of the molecule is CN(C)S(=O)(=O)CCCBr. The van der Waals surface area contributed by atoms with Crippen LogP contribution in [-0.4, -0.2) is 37.9 Å². The van der Waals surface area contributed by atoms with Crippen LogP contribution in [0.5, 0.6) is 0 Å². The van der Waals surface area contributed by atoms with E-state index in [4.69, 9.17) is 0 Å². The smallest absolute Gasteiger partial charge is 0.212 e. The molecule has 0 fully saturated rings. The van der Waals surface area contributed by atoms with Crippen LogP contribution in [0.3, 0.4) is 0 Å². The van der Waals surface area contributed by atoms with Crippen molar-refractivity contribution in [1.82, 2.24) is 4.31 Å². The number of sulfonamides is 1. The molecule has 0 rings (SSSR count). The molecule has 0 bridgehead atoms. The molecule has 0 amide bonds. The zero-order valence-electron chi connectivity index (χ0n) is 6.17. The van der Waals surface area contributed by atoms with E-state index in [1.807, 2.05) is 0 Å². The molecule has 0 N–H and O–H groups in total. The van der Waals surface area contributed by atoms with Gasteiger partial charge in [-0.2, -0.15) is 0 Å². The topological polar surface area (TPSA) is 37.4 Å². The Morgan fingerprint density at radius 3 is 2.20 bits per heavy atom. The molecule has 0 aliphatic rings. The van der Waals surface area contributed by atoms with Gasteiger partial charge in [0.15, 0.2) is 0 Å². The van der Waals surface area contributed by atoms with Gasteiger partial charge in [0.25, 0.3) is 0 Å². The summed E-state index contributed by atoms with van der Waals surface area (Å²) < 4.78 is 23.2. The Morgan fingerprint density at radius 2 is 1.90 bits per heavy atom. The predicted octanol–water partition coefficient (Wildman–Crippen LogP) is 0.663. The van der Waals surface area contributed by atoms with Crippen LogP contribution in [0.15, 0.2) is 0 Å². The number of nitrogens with zero attached hydrogens (tertiary/aromatic N) is 1. The maximum atomic E-state index is 11.0. The van der Waals surface area contributed by atoms with Gasteiger partial charge in [-0.3, -0.25) is 0 Å². The van der Waals surface area contributed by atoms with Crippen LogP contribution in [0.4, 0.5) is 0 Å². The fourth-order valence-electron chi connectivity index (χ4n) is 0.420. The van der Waals surface area contributed by atoms with Crippen molar-refractivity contribution in [2.75, 3.05) is 25.2 Å². The molecule has 0 aromatic heterocycles. The molecule has 0 aromatic rings. The van der Waals surface area contributed by atoms with E-state index in [1.54, 1.807) is 14.1 Å². The van der Waals surface area contributed by atoms with E-state index in [1.165, 1.54) is 4.31 Å². The first-order chi connectivity index (χ1) is 4.50. The highest BCUT2D eigenvalue weighted by Crippen LogP contribution is 1.98. The third-order valence-electron chi connectivity index (χ3n) is 1.09. The Kier molecular flexibility index (Phi) is 4.47. The molecule has 5 heteroatoms. The highest BCUT2D eigenvalue weighted by atomic mass is 79.9. The second kappa shape index (κ2) is 4.31. The molecule has 0 unspecified atom stereocenters. The van der Waals surface area contributed by atoms with Crippen molar-refractivity contribution in [3.63, 3.8) is 0 Å². The summed E-state index contributed by atoms with van der Waals surface area (Å²) in [6.45, 7) is 0. The lowest BCUT2D eigenvalue weighted by atomic mass is 10.6. The van der Waals surface area contributed by atoms with Gasteiger partial charge in [-0.05, 0) is 6.42 Å². The van der Waals surface area contributed by atoms with Crippen LogP contribution in [0.2, 0.25) is 0 Å². The second-order valence-corrected chi connectivity index (χ2v) is 5.24. The fraction of sp³-hybridized carbons (Fsp3) is 1.00. The van der Waals surface area contributed by atoms with Crippen LogP contribution >= 0.6 is 15.9 Å². The Balaban J connectivity index is 3.90. The number of halogens is 1. The molecule has 0 spiro atoms. The average molecular weight is 230 g/mol. The van der Waals surface area contributed by atoms with Crippen molar-refractivity contribution < 1.29 is 8.42 Å². The van der Waals surface area contributed by atoms with Crippen LogP contribution in [0.25, 0.3) is 0 Å². The minimum absolute atomic E-state index is 0.227. The predicted molar refractivity (Wildman–Crippen MR) is 45.9 cm³/mol. The van der Waals surface area contributed by atoms with Gasteiger partial charge >= 0.3 is 0 Å². The van der Waals surface area contributed by atoms with Gasteiger partial charge in [-0.25, -0.2) is 12.7 Å². The van der Waals surface area contributed by atoms with Gasteiger partial charge in [-0.1, -0.05) is 15.9 Å². The Morgan fingerprint density at radius 1 is 1.40 bits per heavy atom. The Hall–Kier alpha value is 0.390. The van der Waals surface area contributed by atoms with E-state index in [2.05, 4.69) is 15.9 Å². The van der Waals surface area contributed by atoms with Crippen LogP contribution in [-0.2, 0) is 10.0 Å². The van der Waals surface area contributed by atoms with Crippen molar-refractivity contribution in [3.05, 3.63) is 0 Å². The fourth-order valence-corrected chi connectivity index (χ4v) is 1.95. The van der Waals surface area contributed by atoms with Crippen LogP contribution < -0.4 is 0 Å². The molecule has 0 aromatic carbocycles. The van der Waals surface area contributed by atoms with Gasteiger partial charge in [0, 0.05) is 19.4 Å². The molecule has 0 atom stereocenters. The average Bonchev–Trinajstić information content (AvgIpc) is 1.84. The van der Waals surface area contributed by atoms with Gasteiger partial charge in [-0.15, -0.1) is 0 Å². The Bertz CT molecular complexity index is 176. The second-order valence-electron chi connectivity index (χ2n) is 2.14. The molecular weight excluding hydrogens is 218 g/mol. The maximum Gasteiger partial charge on any atom is 0.213 e. The zero-order valence-corrected chi connectivity index (χ0v) is 8.57. The molecule has 62 valence electrons. The van der Waals surface area contributed by atoms with Crippen LogP contribution in [0, 0.1) is 0 Å². The van der Waals surface area contributed by atoms with Crippen molar-refractivity contribution >= 4 is 26.0 Å². The monoisotopic (exact) mass is 229 g/mol. The molecule has 0 heterocycles. The minimum atomic E-state index is -2.96. The summed E-state index contributed by atoms with van der Waals surface area (Å²) >= 11 is 3.17. The normalized spacial score (nSPS) is 12.4. The van der Waals surface area contributed by atoms with Crippen molar-refractivity contribution in [3.8, 4) is 0 Å². The lowest BCUT2D eigenvalue weighted by Gasteiger charge is -2.09. The van der Waals surface area contributed by atoms with Gasteiger partial charge in [0.1, 0.15) is 0 Å². The summed E-state index contributed by atoms with van der Waals surface area (Å²) in [7, 11) is 0.133. The van der Waals surface area contributed by atoms with Gasteiger partial charge in [0.2, 0.25) is 10.0 Å². The third-order valence-corrected chi connectivity index (χ3v) is 3.57. The number of hydrogen-bond donors (Lipinski definition) is 0. The summed E-state index contributed by atoms with van der Waals surface area (Å²) in [6.07, 6.45) is 0.667. The molecule has 0 saturated carbocycles. The summed E-state index contributed by atoms with van der Waals surface area (Å²) in [4.78, 5) is 0. The van der Waals surface area contributed by atoms with E-state index < -0.39 is 10.0 Å². The standard InChI is InChI=1S/C5H12BrNO2S/c1-7(2)10(8,9)5-3-4-6/h3-5H2,1-2H3. The summed E-state index contributed by atoms with van der Waals surface area (Å²) in [6, 6.07) is 0. The summed E-state index contributed by atoms with van der Waals surface area (Å²) in [5.41, 5.74) is 0. The van der Waals surface area contributed by atoms with Crippen molar-refractivity contribution in [1.29, 1.82) is 0 Å². The molecular formula is C5H12BrNO2S. The molecule has 0 saturated heterocycles. The number of hydrogen-bond acceptors (Lipinski definition) is 2. The first kappa shape index (κ1) is 10.4. The molecule has 0 radical (unpaired) electrons. The lowest BCUT2D eigenvalue weighted by molar-refractivity contribution is 0.520. The molecule has 0 aliphatic heterocycles.